The van der Waals surface area contributed by atoms with E-state index in [1.165, 1.54) is 7.11 Å². The van der Waals surface area contributed by atoms with E-state index >= 15 is 0 Å². The van der Waals surface area contributed by atoms with Gasteiger partial charge in [0.1, 0.15) is 5.75 Å². The summed E-state index contributed by atoms with van der Waals surface area (Å²) in [5, 5.41) is 4.10. The number of para-hydroxylation sites is 1. The highest BCUT2D eigenvalue weighted by Gasteiger charge is 2.10. The third-order valence-corrected chi connectivity index (χ3v) is 3.01. The van der Waals surface area contributed by atoms with Crippen molar-refractivity contribution in [3.8, 4) is 5.75 Å². The molecule has 0 radical (unpaired) electrons. The number of hydrazone groups is 1. The molecule has 21 heavy (non-hydrogen) atoms. The summed E-state index contributed by atoms with van der Waals surface area (Å²) in [6, 6.07) is 14.3. The van der Waals surface area contributed by atoms with Crippen LogP contribution < -0.4 is 15.9 Å². The third kappa shape index (κ3) is 3.60. The maximum absolute atomic E-state index is 12.1. The Kier molecular flexibility index (Phi) is 4.56. The fourth-order valence-corrected chi connectivity index (χ4v) is 1.82. The van der Waals surface area contributed by atoms with Crippen molar-refractivity contribution in [3.05, 3.63) is 59.7 Å². The maximum atomic E-state index is 12.1. The zero-order chi connectivity index (χ0) is 15.2. The smallest absolute Gasteiger partial charge is 0.275 e. The van der Waals surface area contributed by atoms with Crippen LogP contribution in [0.25, 0.3) is 0 Å². The van der Waals surface area contributed by atoms with Crippen molar-refractivity contribution in [1.29, 1.82) is 0 Å². The molecule has 0 aromatic heterocycles. The van der Waals surface area contributed by atoms with Gasteiger partial charge in [0, 0.05) is 5.69 Å². The van der Waals surface area contributed by atoms with Gasteiger partial charge in [0.05, 0.1) is 18.4 Å². The van der Waals surface area contributed by atoms with E-state index in [2.05, 4.69) is 10.5 Å². The van der Waals surface area contributed by atoms with Gasteiger partial charge in [-0.2, -0.15) is 5.10 Å². The lowest BCUT2D eigenvalue weighted by Gasteiger charge is -2.07. The van der Waals surface area contributed by atoms with Gasteiger partial charge in [0.25, 0.3) is 5.91 Å². The number of amides is 1. The van der Waals surface area contributed by atoms with Gasteiger partial charge >= 0.3 is 0 Å². The topological polar surface area (TPSA) is 76.7 Å². The molecule has 2 aromatic rings. The lowest BCUT2D eigenvalue weighted by Crippen LogP contribution is -2.20. The normalized spacial score (nSPS) is 11.0. The van der Waals surface area contributed by atoms with Crippen LogP contribution in [0, 0.1) is 0 Å². The third-order valence-electron chi connectivity index (χ3n) is 3.01. The summed E-state index contributed by atoms with van der Waals surface area (Å²) in [7, 11) is 1.52. The molecule has 1 amide bonds. The standard InChI is InChI=1S/C16H17N3O2/c1-11(12-7-9-13(17)10-8-12)18-19-16(20)14-5-3-4-6-15(14)21-2/h3-10H,17H2,1-2H3,(H,19,20)/b18-11+. The summed E-state index contributed by atoms with van der Waals surface area (Å²) in [5.41, 5.74) is 10.9. The Labute approximate surface area is 123 Å². The van der Waals surface area contributed by atoms with Gasteiger partial charge in [-0.3, -0.25) is 4.79 Å². The minimum atomic E-state index is -0.317. The van der Waals surface area contributed by atoms with Crippen molar-refractivity contribution in [2.24, 2.45) is 5.10 Å². The number of anilines is 1. The first-order valence-electron chi connectivity index (χ1n) is 6.45. The molecule has 0 heterocycles. The van der Waals surface area contributed by atoms with Crippen molar-refractivity contribution in [2.75, 3.05) is 12.8 Å². The highest BCUT2D eigenvalue weighted by Crippen LogP contribution is 2.16. The van der Waals surface area contributed by atoms with E-state index < -0.39 is 0 Å². The monoisotopic (exact) mass is 283 g/mol. The number of methoxy groups -OCH3 is 1. The zero-order valence-electron chi connectivity index (χ0n) is 12.0. The second-order valence-electron chi connectivity index (χ2n) is 4.46. The second-order valence-corrected chi connectivity index (χ2v) is 4.46. The Morgan fingerprint density at radius 1 is 1.14 bits per heavy atom. The largest absolute Gasteiger partial charge is 0.496 e. The van der Waals surface area contributed by atoms with Gasteiger partial charge in [0.15, 0.2) is 0 Å². The van der Waals surface area contributed by atoms with Crippen LogP contribution in [0.1, 0.15) is 22.8 Å². The number of rotatable bonds is 4. The minimum absolute atomic E-state index is 0.317. The van der Waals surface area contributed by atoms with Crippen molar-refractivity contribution < 1.29 is 9.53 Å². The molecule has 0 atom stereocenters. The molecule has 2 aromatic carbocycles. The molecule has 0 spiro atoms. The van der Waals surface area contributed by atoms with E-state index in [1.807, 2.05) is 19.1 Å². The molecule has 0 aliphatic carbocycles. The van der Waals surface area contributed by atoms with E-state index in [9.17, 15) is 4.79 Å². The summed E-state index contributed by atoms with van der Waals surface area (Å²) in [4.78, 5) is 12.1. The maximum Gasteiger partial charge on any atom is 0.275 e. The molecule has 0 aliphatic heterocycles. The number of carbonyl (C=O) groups excluding carboxylic acids is 1. The second kappa shape index (κ2) is 6.56. The number of carbonyl (C=O) groups is 1. The SMILES string of the molecule is COc1ccccc1C(=O)N/N=C(\C)c1ccc(N)cc1. The first kappa shape index (κ1) is 14.6. The van der Waals surface area contributed by atoms with Gasteiger partial charge in [-0.1, -0.05) is 24.3 Å². The van der Waals surface area contributed by atoms with E-state index in [4.69, 9.17) is 10.5 Å². The van der Waals surface area contributed by atoms with Crippen LogP contribution in [0.3, 0.4) is 0 Å². The number of hydrogen-bond acceptors (Lipinski definition) is 4. The van der Waals surface area contributed by atoms with E-state index in [0.29, 0.717) is 22.7 Å². The number of nitrogens with two attached hydrogens (primary N) is 1. The van der Waals surface area contributed by atoms with Crippen molar-refractivity contribution in [3.63, 3.8) is 0 Å². The summed E-state index contributed by atoms with van der Waals surface area (Å²) >= 11 is 0. The average Bonchev–Trinajstić information content (AvgIpc) is 2.52. The van der Waals surface area contributed by atoms with Crippen LogP contribution in [-0.2, 0) is 0 Å². The van der Waals surface area contributed by atoms with Gasteiger partial charge in [-0.15, -0.1) is 0 Å². The van der Waals surface area contributed by atoms with Crippen LogP contribution in [0.5, 0.6) is 5.75 Å². The highest BCUT2D eigenvalue weighted by molar-refractivity contribution is 6.01. The molecule has 0 aliphatic rings. The van der Waals surface area contributed by atoms with Gasteiger partial charge < -0.3 is 10.5 Å². The zero-order valence-corrected chi connectivity index (χ0v) is 12.0. The molecule has 108 valence electrons. The van der Waals surface area contributed by atoms with Crippen LogP contribution in [0.2, 0.25) is 0 Å². The molecular weight excluding hydrogens is 266 g/mol. The van der Waals surface area contributed by atoms with Crippen LogP contribution in [-0.4, -0.2) is 18.7 Å². The molecule has 5 heteroatoms. The fraction of sp³-hybridized carbons (Fsp3) is 0.125. The molecular formula is C16H17N3O2. The first-order chi connectivity index (χ1) is 10.1. The summed E-state index contributed by atoms with van der Waals surface area (Å²) < 4.78 is 5.15. The number of ether oxygens (including phenoxy) is 1. The molecule has 0 unspecified atom stereocenters. The fourth-order valence-electron chi connectivity index (χ4n) is 1.82. The van der Waals surface area contributed by atoms with Crippen LogP contribution in [0.15, 0.2) is 53.6 Å². The van der Waals surface area contributed by atoms with Gasteiger partial charge in [-0.05, 0) is 36.8 Å². The van der Waals surface area contributed by atoms with Crippen LogP contribution >= 0.6 is 0 Å². The molecule has 5 nitrogen and oxygen atoms in total. The van der Waals surface area contributed by atoms with E-state index in [-0.39, 0.29) is 5.91 Å². The summed E-state index contributed by atoms with van der Waals surface area (Å²) in [6.07, 6.45) is 0. The Morgan fingerprint density at radius 2 is 1.81 bits per heavy atom. The predicted octanol–water partition coefficient (Wildman–Crippen LogP) is 2.43. The van der Waals surface area contributed by atoms with Crippen LogP contribution in [0.4, 0.5) is 5.69 Å². The number of benzene rings is 2. The molecule has 0 fully saturated rings. The molecule has 0 saturated carbocycles. The van der Waals surface area contributed by atoms with Gasteiger partial charge in [0.2, 0.25) is 0 Å². The molecule has 3 N–H and O–H groups in total. The first-order valence-corrected chi connectivity index (χ1v) is 6.45. The van der Waals surface area contributed by atoms with Crippen molar-refractivity contribution >= 4 is 17.3 Å². The van der Waals surface area contributed by atoms with E-state index in [0.717, 1.165) is 5.56 Å². The Hall–Kier alpha value is -2.82. The molecule has 0 bridgehead atoms. The average molecular weight is 283 g/mol. The molecule has 2 rings (SSSR count). The quantitative estimate of drug-likeness (QED) is 0.514. The summed E-state index contributed by atoms with van der Waals surface area (Å²) in [6.45, 7) is 1.81. The van der Waals surface area contributed by atoms with Gasteiger partial charge in [-0.25, -0.2) is 5.43 Å². The summed E-state index contributed by atoms with van der Waals surface area (Å²) in [5.74, 6) is 0.192. The van der Waals surface area contributed by atoms with E-state index in [1.54, 1.807) is 36.4 Å². The Morgan fingerprint density at radius 3 is 2.48 bits per heavy atom. The number of nitrogen functional groups attached to an aromatic ring is 1. The Balaban J connectivity index is 2.12. The lowest BCUT2D eigenvalue weighted by atomic mass is 10.1. The minimum Gasteiger partial charge on any atom is -0.496 e. The number of hydrogen-bond donors (Lipinski definition) is 2. The Bertz CT molecular complexity index is 663. The number of nitrogens with zero attached hydrogens (tertiary/aromatic N) is 1. The van der Waals surface area contributed by atoms with Crippen molar-refractivity contribution in [1.82, 2.24) is 5.43 Å². The lowest BCUT2D eigenvalue weighted by molar-refractivity contribution is 0.0952. The molecule has 0 saturated heterocycles. The van der Waals surface area contributed by atoms with Crippen molar-refractivity contribution in [2.45, 2.75) is 6.92 Å². The predicted molar refractivity (Wildman–Crippen MR) is 83.5 cm³/mol. The number of nitrogens with one attached hydrogen (secondary N) is 1. The highest BCUT2D eigenvalue weighted by atomic mass is 16.5.